The molecule has 0 bridgehead atoms. The van der Waals surface area contributed by atoms with Gasteiger partial charge in [0.05, 0.1) is 17.0 Å². The first-order chi connectivity index (χ1) is 23.5. The highest BCUT2D eigenvalue weighted by molar-refractivity contribution is 8.00. The lowest BCUT2D eigenvalue weighted by molar-refractivity contribution is 0.0696. The van der Waals surface area contributed by atoms with Gasteiger partial charge < -0.3 is 19.7 Å². The minimum Gasteiger partial charge on any atom is -0.478 e. The van der Waals surface area contributed by atoms with Crippen molar-refractivity contribution < 1.29 is 19.0 Å². The number of unbranched alkanes of at least 4 members (excludes halogenated alkanes) is 1. The minimum atomic E-state index is -0.998. The van der Waals surface area contributed by atoms with E-state index in [-0.39, 0.29) is 30.6 Å². The molecule has 0 fully saturated rings. The summed E-state index contributed by atoms with van der Waals surface area (Å²) in [7, 11) is 1.97. The first-order valence-corrected chi connectivity index (χ1v) is 17.2. The number of allylic oxidation sites excluding steroid dienone is 1. The van der Waals surface area contributed by atoms with E-state index in [9.17, 15) is 9.90 Å². The Bertz CT molecular complexity index is 1940. The van der Waals surface area contributed by atoms with Crippen molar-refractivity contribution in [1.29, 1.82) is 0 Å². The topological polar surface area (TPSA) is 114 Å². The van der Waals surface area contributed by atoms with Gasteiger partial charge in [0.1, 0.15) is 18.1 Å². The van der Waals surface area contributed by atoms with E-state index in [2.05, 4.69) is 35.4 Å². The summed E-state index contributed by atoms with van der Waals surface area (Å²) < 4.78 is 26.8. The van der Waals surface area contributed by atoms with Crippen molar-refractivity contribution in [1.82, 2.24) is 24.8 Å². The molecule has 1 unspecified atom stereocenters. The third kappa shape index (κ3) is 8.84. The zero-order valence-electron chi connectivity index (χ0n) is 28.6. The van der Waals surface area contributed by atoms with Gasteiger partial charge in [-0.2, -0.15) is 4.98 Å². The van der Waals surface area contributed by atoms with Crippen molar-refractivity contribution in [3.63, 3.8) is 0 Å². The summed E-state index contributed by atoms with van der Waals surface area (Å²) in [5.74, 6) is -0.351. The van der Waals surface area contributed by atoms with E-state index in [0.717, 1.165) is 52.7 Å². The number of nitrogens with one attached hydrogen (secondary N) is 2. The molecule has 11 heteroatoms. The third-order valence-electron chi connectivity index (χ3n) is 8.39. The van der Waals surface area contributed by atoms with Gasteiger partial charge in [-0.25, -0.2) is 19.2 Å². The number of benzene rings is 2. The second kappa shape index (κ2) is 16.1. The zero-order chi connectivity index (χ0) is 35.1. The molecule has 0 amide bonds. The van der Waals surface area contributed by atoms with Crippen molar-refractivity contribution >= 4 is 34.9 Å². The summed E-state index contributed by atoms with van der Waals surface area (Å²) in [6.45, 7) is 12.7. The lowest BCUT2D eigenvalue weighted by atomic mass is 10.00. The quantitative estimate of drug-likeness (QED) is 0.0535. The molecule has 5 aromatic rings. The fourth-order valence-electron chi connectivity index (χ4n) is 5.83. The molecule has 3 heterocycles. The Balaban J connectivity index is 1.38. The molecule has 0 saturated carbocycles. The maximum atomic E-state index is 15.2. The summed E-state index contributed by atoms with van der Waals surface area (Å²) in [6, 6.07) is 18.0. The second-order valence-corrected chi connectivity index (χ2v) is 13.3. The van der Waals surface area contributed by atoms with E-state index in [4.69, 9.17) is 14.7 Å². The van der Waals surface area contributed by atoms with Crippen molar-refractivity contribution in [3.05, 3.63) is 107 Å². The van der Waals surface area contributed by atoms with Crippen LogP contribution in [0.5, 0.6) is 5.88 Å². The largest absolute Gasteiger partial charge is 0.478 e. The number of carbonyl (C=O) groups is 1. The molecule has 3 N–H and O–H groups in total. The molecule has 0 spiro atoms. The van der Waals surface area contributed by atoms with Crippen LogP contribution in [0.4, 0.5) is 10.3 Å². The molecule has 0 aliphatic heterocycles. The Morgan fingerprint density at radius 2 is 1.84 bits per heavy atom. The number of ether oxygens (including phenoxy) is 1. The SMILES string of the molecule is C=CCCCC(COc1cc(-c2c(C)cccc2C)nc(NSc2cccc(C(=O)O)c2)n1)NCc1nc2c(cc1F)cc(C(C)C)n2C. The summed E-state index contributed by atoms with van der Waals surface area (Å²) >= 11 is 1.22. The molecule has 0 saturated heterocycles. The molecule has 49 heavy (non-hydrogen) atoms. The molecule has 2 aromatic carbocycles. The van der Waals surface area contributed by atoms with Gasteiger partial charge in [-0.05, 0) is 92.4 Å². The number of pyridine rings is 1. The second-order valence-electron chi connectivity index (χ2n) is 12.4. The van der Waals surface area contributed by atoms with Gasteiger partial charge in [0.25, 0.3) is 0 Å². The number of aromatic carboxylic acids is 1. The zero-order valence-corrected chi connectivity index (χ0v) is 29.4. The van der Waals surface area contributed by atoms with Crippen molar-refractivity contribution in [2.75, 3.05) is 11.3 Å². The number of nitrogens with zero attached hydrogens (tertiary/aromatic N) is 4. The molecule has 0 aliphatic rings. The van der Waals surface area contributed by atoms with Crippen LogP contribution in [-0.4, -0.2) is 43.2 Å². The van der Waals surface area contributed by atoms with E-state index in [1.807, 2.05) is 67.9 Å². The number of carboxylic acid groups (broad SMARTS) is 1. The van der Waals surface area contributed by atoms with Crippen LogP contribution in [0, 0.1) is 19.7 Å². The van der Waals surface area contributed by atoms with Gasteiger partial charge in [-0.1, -0.05) is 44.2 Å². The van der Waals surface area contributed by atoms with Crippen LogP contribution < -0.4 is 14.8 Å². The fourth-order valence-corrected chi connectivity index (χ4v) is 6.46. The van der Waals surface area contributed by atoms with Crippen molar-refractivity contribution in [2.24, 2.45) is 7.05 Å². The Hall–Kier alpha value is -4.74. The minimum absolute atomic E-state index is 0.125. The maximum Gasteiger partial charge on any atom is 0.335 e. The van der Waals surface area contributed by atoms with Crippen LogP contribution in [0.1, 0.15) is 71.9 Å². The first-order valence-electron chi connectivity index (χ1n) is 16.4. The van der Waals surface area contributed by atoms with Crippen LogP contribution in [-0.2, 0) is 13.6 Å². The average molecular weight is 683 g/mol. The maximum absolute atomic E-state index is 15.2. The molecular weight excluding hydrogens is 640 g/mol. The molecule has 5 rings (SSSR count). The molecule has 3 aromatic heterocycles. The van der Waals surface area contributed by atoms with Gasteiger partial charge in [0, 0.05) is 47.2 Å². The lowest BCUT2D eigenvalue weighted by Crippen LogP contribution is -2.35. The number of hydrogen-bond donors (Lipinski definition) is 3. The third-order valence-corrected chi connectivity index (χ3v) is 9.16. The van der Waals surface area contributed by atoms with Crippen LogP contribution in [0.15, 0.2) is 78.2 Å². The Morgan fingerprint density at radius 3 is 2.55 bits per heavy atom. The Labute approximate surface area is 291 Å². The van der Waals surface area contributed by atoms with E-state index >= 15 is 4.39 Å². The molecular formula is C38H43FN6O3S. The number of aryl methyl sites for hydroxylation is 3. The molecule has 0 radical (unpaired) electrons. The number of halogens is 1. The predicted molar refractivity (Wildman–Crippen MR) is 195 cm³/mol. The molecule has 256 valence electrons. The number of rotatable bonds is 16. The number of hydrogen-bond acceptors (Lipinski definition) is 8. The summed E-state index contributed by atoms with van der Waals surface area (Å²) in [5, 5.41) is 13.7. The summed E-state index contributed by atoms with van der Waals surface area (Å²) in [5.41, 5.74) is 6.21. The van der Waals surface area contributed by atoms with Crippen LogP contribution in [0.3, 0.4) is 0 Å². The van der Waals surface area contributed by atoms with Crippen LogP contribution in [0.2, 0.25) is 0 Å². The number of anilines is 1. The van der Waals surface area contributed by atoms with Gasteiger partial charge in [0.2, 0.25) is 11.8 Å². The number of aromatic nitrogens is 4. The smallest absolute Gasteiger partial charge is 0.335 e. The lowest BCUT2D eigenvalue weighted by Gasteiger charge is -2.20. The van der Waals surface area contributed by atoms with E-state index in [1.54, 1.807) is 24.3 Å². The van der Waals surface area contributed by atoms with E-state index in [1.165, 1.54) is 11.9 Å². The molecule has 1 atom stereocenters. The van der Waals surface area contributed by atoms with Crippen LogP contribution >= 0.6 is 11.9 Å². The van der Waals surface area contributed by atoms with E-state index in [0.29, 0.717) is 34.0 Å². The predicted octanol–water partition coefficient (Wildman–Crippen LogP) is 8.62. The summed E-state index contributed by atoms with van der Waals surface area (Å²) in [6.07, 6.45) is 4.38. The van der Waals surface area contributed by atoms with E-state index < -0.39 is 5.97 Å². The number of fused-ring (bicyclic) bond motifs is 1. The van der Waals surface area contributed by atoms with Gasteiger partial charge in [-0.3, -0.25) is 4.72 Å². The van der Waals surface area contributed by atoms with Gasteiger partial charge >= 0.3 is 5.97 Å². The standard InChI is InChI=1S/C38H43FN6O3S/c1-7-8-9-15-28(40-21-32-30(39)18-27-19-33(23(2)3)45(6)36(27)41-32)22-48-34-20-31(35-24(4)12-10-13-25(35)5)42-38(43-34)44-49-29-16-11-14-26(17-29)37(46)47/h7,10-14,16-20,23,28,40H,1,8-9,15,21-22H2,2-6H3,(H,46,47)(H,42,43,44). The normalized spacial score (nSPS) is 12.0. The average Bonchev–Trinajstić information content (AvgIpc) is 3.39. The highest BCUT2D eigenvalue weighted by atomic mass is 32.2. The Morgan fingerprint density at radius 1 is 1.08 bits per heavy atom. The highest BCUT2D eigenvalue weighted by Gasteiger charge is 2.18. The van der Waals surface area contributed by atoms with Gasteiger partial charge in [-0.15, -0.1) is 6.58 Å². The monoisotopic (exact) mass is 682 g/mol. The van der Waals surface area contributed by atoms with Crippen molar-refractivity contribution in [3.8, 4) is 17.1 Å². The molecule has 9 nitrogen and oxygen atoms in total. The first kappa shape index (κ1) is 35.6. The van der Waals surface area contributed by atoms with Crippen LogP contribution in [0.25, 0.3) is 22.3 Å². The fraction of sp³-hybridized carbons (Fsp3) is 0.316. The summed E-state index contributed by atoms with van der Waals surface area (Å²) in [4.78, 5) is 26.3. The molecule has 0 aliphatic carbocycles. The van der Waals surface area contributed by atoms with Crippen molar-refractivity contribution in [2.45, 2.75) is 70.4 Å². The van der Waals surface area contributed by atoms with Gasteiger partial charge in [0.15, 0.2) is 0 Å². The number of carboxylic acids is 1. The Kier molecular flexibility index (Phi) is 11.7. The highest BCUT2D eigenvalue weighted by Crippen LogP contribution is 2.30.